The molecule has 0 unspecified atom stereocenters. The molecule has 9 aromatic carbocycles. The van der Waals surface area contributed by atoms with Crippen LogP contribution in [0.4, 0.5) is 34.1 Å². The second-order valence-corrected chi connectivity index (χ2v) is 19.9. The topological polar surface area (TPSA) is 6.48 Å². The smallest absolute Gasteiger partial charge is 0.0540 e. The molecule has 9 aromatic rings. The van der Waals surface area contributed by atoms with Crippen molar-refractivity contribution in [1.82, 2.24) is 0 Å². The van der Waals surface area contributed by atoms with E-state index in [4.69, 9.17) is 0 Å². The minimum Gasteiger partial charge on any atom is -0.311 e. The molecule has 68 heavy (non-hydrogen) atoms. The Kier molecular flexibility index (Phi) is 11.4. The van der Waals surface area contributed by atoms with Crippen LogP contribution in [0.1, 0.15) is 75.6 Å². The van der Waals surface area contributed by atoms with Gasteiger partial charge in [-0.3, -0.25) is 0 Å². The lowest BCUT2D eigenvalue weighted by molar-refractivity contribution is 0.217. The van der Waals surface area contributed by atoms with E-state index in [9.17, 15) is 0 Å². The molecular weight excluding hydrogens is 821 g/mol. The van der Waals surface area contributed by atoms with Gasteiger partial charge in [0.05, 0.1) is 5.69 Å². The van der Waals surface area contributed by atoms with Gasteiger partial charge in [0, 0.05) is 44.8 Å². The van der Waals surface area contributed by atoms with E-state index in [-0.39, 0.29) is 10.8 Å². The zero-order valence-corrected chi connectivity index (χ0v) is 39.8. The zero-order chi connectivity index (χ0) is 46.2. The van der Waals surface area contributed by atoms with Gasteiger partial charge < -0.3 is 9.80 Å². The van der Waals surface area contributed by atoms with Gasteiger partial charge >= 0.3 is 0 Å². The standard InChI is InChI=1S/C66H60N2/c1-47(2)48-42-44-66(45-43-48,51-32-36-55(37-33-51)67(53-24-13-7-14-25-53)54-26-15-8-16-27-54)52-34-38-56(39-35-52)68(63-31-18-17-28-58(63)49-20-9-5-10-21-49)57-40-41-60-62(46-57)65(3,4)61-30-19-29-59(64(60)61)50-22-11-6-12-23-50/h5-41,46-48H,42-45H2,1-4H3. The monoisotopic (exact) mass is 880 g/mol. The second kappa shape index (κ2) is 18.0. The van der Waals surface area contributed by atoms with Crippen LogP contribution < -0.4 is 9.80 Å². The molecule has 0 atom stereocenters. The van der Waals surface area contributed by atoms with Gasteiger partial charge in [0.15, 0.2) is 0 Å². The third-order valence-corrected chi connectivity index (χ3v) is 15.5. The third-order valence-electron chi connectivity index (χ3n) is 15.5. The maximum Gasteiger partial charge on any atom is 0.0540 e. The second-order valence-electron chi connectivity index (χ2n) is 19.9. The molecule has 2 nitrogen and oxygen atoms in total. The lowest BCUT2D eigenvalue weighted by Gasteiger charge is -2.43. The van der Waals surface area contributed by atoms with Crippen LogP contribution in [0.2, 0.25) is 0 Å². The highest BCUT2D eigenvalue weighted by Crippen LogP contribution is 2.55. The first-order valence-corrected chi connectivity index (χ1v) is 24.7. The molecule has 0 aliphatic heterocycles. The van der Waals surface area contributed by atoms with Crippen LogP contribution in [0.3, 0.4) is 0 Å². The van der Waals surface area contributed by atoms with Crippen molar-refractivity contribution in [3.8, 4) is 33.4 Å². The summed E-state index contributed by atoms with van der Waals surface area (Å²) < 4.78 is 0. The average Bonchev–Trinajstić information content (AvgIpc) is 3.63. The Morgan fingerprint density at radius 1 is 0.397 bits per heavy atom. The Balaban J connectivity index is 1.02. The van der Waals surface area contributed by atoms with Crippen LogP contribution in [-0.2, 0) is 10.8 Å². The number of fused-ring (bicyclic) bond motifs is 3. The van der Waals surface area contributed by atoms with Crippen LogP contribution in [0.5, 0.6) is 0 Å². The number of benzene rings is 9. The molecule has 0 amide bonds. The molecule has 1 saturated carbocycles. The fourth-order valence-electron chi connectivity index (χ4n) is 11.7. The first kappa shape index (κ1) is 43.2. The van der Waals surface area contributed by atoms with Crippen molar-refractivity contribution in [2.75, 3.05) is 9.80 Å². The van der Waals surface area contributed by atoms with Gasteiger partial charge in [0.1, 0.15) is 0 Å². The molecule has 0 aromatic heterocycles. The van der Waals surface area contributed by atoms with Crippen molar-refractivity contribution in [2.24, 2.45) is 11.8 Å². The van der Waals surface area contributed by atoms with E-state index in [0.29, 0.717) is 5.92 Å². The van der Waals surface area contributed by atoms with Crippen molar-refractivity contribution in [2.45, 2.75) is 64.2 Å². The number of anilines is 6. The molecule has 0 bridgehead atoms. The van der Waals surface area contributed by atoms with Crippen molar-refractivity contribution in [3.05, 3.63) is 253 Å². The minimum atomic E-state index is -0.185. The first-order valence-electron chi connectivity index (χ1n) is 24.7. The van der Waals surface area contributed by atoms with Crippen LogP contribution in [0.15, 0.2) is 231 Å². The fourth-order valence-corrected chi connectivity index (χ4v) is 11.7. The van der Waals surface area contributed by atoms with Gasteiger partial charge in [-0.15, -0.1) is 0 Å². The van der Waals surface area contributed by atoms with Crippen molar-refractivity contribution in [1.29, 1.82) is 0 Å². The highest BCUT2D eigenvalue weighted by molar-refractivity contribution is 5.95. The predicted molar refractivity (Wildman–Crippen MR) is 288 cm³/mol. The zero-order valence-electron chi connectivity index (χ0n) is 39.8. The normalized spacial score (nSPS) is 17.0. The fraction of sp³-hybridized carbons (Fsp3) is 0.182. The van der Waals surface area contributed by atoms with E-state index >= 15 is 0 Å². The molecule has 334 valence electrons. The van der Waals surface area contributed by atoms with E-state index in [0.717, 1.165) is 52.9 Å². The summed E-state index contributed by atoms with van der Waals surface area (Å²) in [5.74, 6) is 1.41. The molecule has 2 heteroatoms. The Morgan fingerprint density at radius 3 is 1.41 bits per heavy atom. The van der Waals surface area contributed by atoms with E-state index in [1.54, 1.807) is 0 Å². The molecule has 0 saturated heterocycles. The molecule has 0 spiro atoms. The van der Waals surface area contributed by atoms with E-state index in [1.807, 2.05) is 0 Å². The summed E-state index contributed by atoms with van der Waals surface area (Å²) >= 11 is 0. The maximum atomic E-state index is 2.50. The van der Waals surface area contributed by atoms with Gasteiger partial charge in [-0.1, -0.05) is 191 Å². The Bertz CT molecular complexity index is 3110. The predicted octanol–water partition coefficient (Wildman–Crippen LogP) is 18.4. The molecule has 0 heterocycles. The van der Waals surface area contributed by atoms with E-state index in [1.165, 1.54) is 68.5 Å². The molecule has 0 radical (unpaired) electrons. The summed E-state index contributed by atoms with van der Waals surface area (Å²) in [6.45, 7) is 9.61. The number of para-hydroxylation sites is 3. The minimum absolute atomic E-state index is 0.0978. The van der Waals surface area contributed by atoms with E-state index < -0.39 is 0 Å². The number of rotatable bonds is 11. The Hall–Kier alpha value is -7.42. The SMILES string of the molecule is CC(C)C1CCC(c2ccc(N(c3ccccc3)c3ccccc3)cc2)(c2ccc(N(c3ccc4c(c3)C(C)(C)c3cccc(-c5ccccc5)c3-4)c3ccccc3-c3ccccc3)cc2)CC1. The Morgan fingerprint density at radius 2 is 0.853 bits per heavy atom. The first-order chi connectivity index (χ1) is 33.3. The molecular formula is C66H60N2. The van der Waals surface area contributed by atoms with Crippen molar-refractivity contribution < 1.29 is 0 Å². The number of hydrogen-bond donors (Lipinski definition) is 0. The Labute approximate surface area is 404 Å². The molecule has 11 rings (SSSR count). The van der Waals surface area contributed by atoms with E-state index in [2.05, 4.69) is 268 Å². The third kappa shape index (κ3) is 7.72. The lowest BCUT2D eigenvalue weighted by atomic mass is 9.61. The average molecular weight is 881 g/mol. The molecule has 0 N–H and O–H groups in total. The summed E-state index contributed by atoms with van der Waals surface area (Å²) in [5.41, 5.74) is 19.8. The van der Waals surface area contributed by atoms with Crippen molar-refractivity contribution >= 4 is 34.1 Å². The number of nitrogens with zero attached hydrogens (tertiary/aromatic N) is 2. The summed E-state index contributed by atoms with van der Waals surface area (Å²) in [4.78, 5) is 4.87. The molecule has 2 aliphatic rings. The van der Waals surface area contributed by atoms with Crippen molar-refractivity contribution in [3.63, 3.8) is 0 Å². The van der Waals surface area contributed by atoms with Crippen LogP contribution in [0, 0.1) is 11.8 Å². The van der Waals surface area contributed by atoms with Gasteiger partial charge in [0.25, 0.3) is 0 Å². The molecule has 1 fully saturated rings. The highest BCUT2D eigenvalue weighted by atomic mass is 15.1. The summed E-state index contributed by atoms with van der Waals surface area (Å²) in [6.07, 6.45) is 4.69. The van der Waals surface area contributed by atoms with Crippen LogP contribution in [-0.4, -0.2) is 0 Å². The van der Waals surface area contributed by atoms with Crippen LogP contribution >= 0.6 is 0 Å². The number of hydrogen-bond acceptors (Lipinski definition) is 2. The maximum absolute atomic E-state index is 2.50. The van der Waals surface area contributed by atoms with Gasteiger partial charge in [0.2, 0.25) is 0 Å². The van der Waals surface area contributed by atoms with Crippen LogP contribution in [0.25, 0.3) is 33.4 Å². The lowest BCUT2D eigenvalue weighted by Crippen LogP contribution is -2.34. The quantitative estimate of drug-likeness (QED) is 0.128. The van der Waals surface area contributed by atoms with Gasteiger partial charge in [-0.25, -0.2) is 0 Å². The van der Waals surface area contributed by atoms with Gasteiger partial charge in [-0.05, 0) is 154 Å². The van der Waals surface area contributed by atoms with Gasteiger partial charge in [-0.2, -0.15) is 0 Å². The molecule has 2 aliphatic carbocycles. The highest BCUT2D eigenvalue weighted by Gasteiger charge is 2.40. The largest absolute Gasteiger partial charge is 0.311 e. The summed E-state index contributed by atoms with van der Waals surface area (Å²) in [5, 5.41) is 0. The summed E-state index contributed by atoms with van der Waals surface area (Å²) in [7, 11) is 0. The summed E-state index contributed by atoms with van der Waals surface area (Å²) in [6, 6.07) is 85.4.